The molecule has 0 saturated carbocycles. The van der Waals surface area contributed by atoms with Gasteiger partial charge in [0, 0.05) is 10.0 Å². The lowest BCUT2D eigenvalue weighted by molar-refractivity contribution is -0.138. The van der Waals surface area contributed by atoms with Gasteiger partial charge >= 0.3 is 5.97 Å². The van der Waals surface area contributed by atoms with Crippen LogP contribution in [0.1, 0.15) is 18.4 Å². The average molecular weight is 293 g/mol. The number of carboxylic acids is 1. The zero-order valence-electron chi connectivity index (χ0n) is 8.62. The molecule has 0 amide bonds. The predicted molar refractivity (Wildman–Crippen MR) is 58.4 cm³/mol. The Labute approximate surface area is 99.8 Å². The second kappa shape index (κ2) is 4.69. The first-order chi connectivity index (χ1) is 7.40. The monoisotopic (exact) mass is 292 g/mol. The molecule has 0 aliphatic carbocycles. The number of phenols is 1. The first-order valence-electron chi connectivity index (χ1n) is 4.37. The molecule has 2 N–H and O–H groups in total. The minimum Gasteiger partial charge on any atom is -0.502 e. The van der Waals surface area contributed by atoms with Crippen molar-refractivity contribution in [2.45, 2.75) is 12.8 Å². The molecule has 88 valence electrons. The highest BCUT2D eigenvalue weighted by atomic mass is 79.9. The average Bonchev–Trinajstić information content (AvgIpc) is 2.21. The highest BCUT2D eigenvalue weighted by Gasteiger charge is 2.25. The van der Waals surface area contributed by atoms with Crippen LogP contribution in [-0.4, -0.2) is 23.3 Å². The topological polar surface area (TPSA) is 66.8 Å². The first-order valence-corrected chi connectivity index (χ1v) is 5.17. The van der Waals surface area contributed by atoms with Crippen molar-refractivity contribution in [3.8, 4) is 11.5 Å². The first kappa shape index (κ1) is 12.8. The number of hydrogen-bond donors (Lipinski definition) is 2. The van der Waals surface area contributed by atoms with Crippen LogP contribution in [0.4, 0.5) is 4.39 Å². The van der Waals surface area contributed by atoms with Crippen LogP contribution in [0.3, 0.4) is 0 Å². The van der Waals surface area contributed by atoms with Crippen LogP contribution < -0.4 is 4.74 Å². The van der Waals surface area contributed by atoms with Crippen LogP contribution in [-0.2, 0) is 4.79 Å². The molecule has 1 aromatic carbocycles. The molecule has 0 heterocycles. The summed E-state index contributed by atoms with van der Waals surface area (Å²) in [6, 6.07) is 1.01. The summed E-state index contributed by atoms with van der Waals surface area (Å²) in [5.41, 5.74) is 0.203. The van der Waals surface area contributed by atoms with Gasteiger partial charge in [-0.1, -0.05) is 15.9 Å². The Balaban J connectivity index is 3.48. The third-order valence-corrected chi connectivity index (χ3v) is 2.86. The minimum absolute atomic E-state index is 0.165. The van der Waals surface area contributed by atoms with E-state index in [1.807, 2.05) is 0 Å². The van der Waals surface area contributed by atoms with Gasteiger partial charge in [-0.3, -0.25) is 4.79 Å². The zero-order chi connectivity index (χ0) is 12.5. The molecule has 0 fully saturated rings. The van der Waals surface area contributed by atoms with Crippen molar-refractivity contribution < 1.29 is 24.1 Å². The van der Waals surface area contributed by atoms with E-state index >= 15 is 0 Å². The van der Waals surface area contributed by atoms with Gasteiger partial charge in [-0.15, -0.1) is 0 Å². The van der Waals surface area contributed by atoms with Crippen molar-refractivity contribution in [1.29, 1.82) is 0 Å². The summed E-state index contributed by atoms with van der Waals surface area (Å²) >= 11 is 3.05. The molecule has 0 spiro atoms. The highest BCUT2D eigenvalue weighted by Crippen LogP contribution is 2.41. The SMILES string of the molecule is COc1c(O)c(F)cc(Br)c1C(C)C(=O)O. The fourth-order valence-electron chi connectivity index (χ4n) is 1.34. The third kappa shape index (κ3) is 2.11. The second-order valence-electron chi connectivity index (χ2n) is 3.20. The van der Waals surface area contributed by atoms with Crippen molar-refractivity contribution in [1.82, 2.24) is 0 Å². The van der Waals surface area contributed by atoms with Gasteiger partial charge in [0.1, 0.15) is 0 Å². The summed E-state index contributed by atoms with van der Waals surface area (Å²) in [7, 11) is 1.24. The summed E-state index contributed by atoms with van der Waals surface area (Å²) < 4.78 is 18.2. The quantitative estimate of drug-likeness (QED) is 0.898. The number of aromatic hydroxyl groups is 1. The summed E-state index contributed by atoms with van der Waals surface area (Å²) in [5, 5.41) is 18.3. The Morgan fingerprint density at radius 3 is 2.62 bits per heavy atom. The van der Waals surface area contributed by atoms with Crippen LogP contribution in [0.5, 0.6) is 11.5 Å². The number of ether oxygens (including phenoxy) is 1. The number of benzene rings is 1. The molecule has 0 aromatic heterocycles. The summed E-state index contributed by atoms with van der Waals surface area (Å²) in [6.07, 6.45) is 0. The van der Waals surface area contributed by atoms with Crippen LogP contribution in [0.2, 0.25) is 0 Å². The van der Waals surface area contributed by atoms with Crippen molar-refractivity contribution in [2.75, 3.05) is 7.11 Å². The third-order valence-electron chi connectivity index (χ3n) is 2.20. The van der Waals surface area contributed by atoms with E-state index in [1.165, 1.54) is 14.0 Å². The number of carboxylic acid groups (broad SMARTS) is 1. The normalized spacial score (nSPS) is 12.2. The van der Waals surface area contributed by atoms with E-state index in [0.717, 1.165) is 6.07 Å². The van der Waals surface area contributed by atoms with Crippen molar-refractivity contribution >= 4 is 21.9 Å². The minimum atomic E-state index is -1.09. The molecule has 6 heteroatoms. The van der Waals surface area contributed by atoms with Crippen molar-refractivity contribution in [2.24, 2.45) is 0 Å². The van der Waals surface area contributed by atoms with Crippen LogP contribution in [0, 0.1) is 5.82 Å². The lowest BCUT2D eigenvalue weighted by Gasteiger charge is -2.15. The Morgan fingerprint density at radius 2 is 2.19 bits per heavy atom. The number of halogens is 2. The molecule has 16 heavy (non-hydrogen) atoms. The van der Waals surface area contributed by atoms with Gasteiger partial charge in [-0.05, 0) is 13.0 Å². The van der Waals surface area contributed by atoms with Crippen molar-refractivity contribution in [3.63, 3.8) is 0 Å². The highest BCUT2D eigenvalue weighted by molar-refractivity contribution is 9.10. The van der Waals surface area contributed by atoms with Crippen LogP contribution in [0.25, 0.3) is 0 Å². The number of methoxy groups -OCH3 is 1. The van der Waals surface area contributed by atoms with Crippen LogP contribution in [0.15, 0.2) is 10.5 Å². The van der Waals surface area contributed by atoms with E-state index in [2.05, 4.69) is 15.9 Å². The molecule has 1 aromatic rings. The van der Waals surface area contributed by atoms with Gasteiger partial charge in [0.05, 0.1) is 13.0 Å². The maximum Gasteiger partial charge on any atom is 0.310 e. The van der Waals surface area contributed by atoms with E-state index in [1.54, 1.807) is 0 Å². The molecule has 1 atom stereocenters. The zero-order valence-corrected chi connectivity index (χ0v) is 10.2. The molecule has 0 aliphatic rings. The Kier molecular flexibility index (Phi) is 3.74. The van der Waals surface area contributed by atoms with Gasteiger partial charge in [-0.2, -0.15) is 0 Å². The lowest BCUT2D eigenvalue weighted by Crippen LogP contribution is -2.10. The number of rotatable bonds is 3. The molecular weight excluding hydrogens is 283 g/mol. The van der Waals surface area contributed by atoms with Crippen LogP contribution >= 0.6 is 15.9 Å². The molecule has 1 unspecified atom stereocenters. The maximum absolute atomic E-state index is 13.2. The molecule has 1 rings (SSSR count). The van der Waals surface area contributed by atoms with E-state index in [0.29, 0.717) is 0 Å². The number of hydrogen-bond acceptors (Lipinski definition) is 3. The number of aliphatic carboxylic acids is 1. The number of carbonyl (C=O) groups is 1. The largest absolute Gasteiger partial charge is 0.502 e. The van der Waals surface area contributed by atoms with E-state index < -0.39 is 23.5 Å². The Bertz CT molecular complexity index is 433. The van der Waals surface area contributed by atoms with Gasteiger partial charge < -0.3 is 14.9 Å². The van der Waals surface area contributed by atoms with Crippen molar-refractivity contribution in [3.05, 3.63) is 21.9 Å². The molecule has 0 aliphatic heterocycles. The fraction of sp³-hybridized carbons (Fsp3) is 0.300. The van der Waals surface area contributed by atoms with E-state index in [4.69, 9.17) is 9.84 Å². The van der Waals surface area contributed by atoms with E-state index in [-0.39, 0.29) is 15.8 Å². The summed E-state index contributed by atoms with van der Waals surface area (Å²) in [6.45, 7) is 1.42. The summed E-state index contributed by atoms with van der Waals surface area (Å²) in [4.78, 5) is 10.9. The molecule has 4 nitrogen and oxygen atoms in total. The predicted octanol–water partition coefficient (Wildman–Crippen LogP) is 2.49. The maximum atomic E-state index is 13.2. The molecular formula is C10H10BrFO4. The number of phenolic OH excluding ortho intramolecular Hbond substituents is 1. The van der Waals surface area contributed by atoms with Gasteiger partial charge in [0.15, 0.2) is 17.3 Å². The molecule has 0 bridgehead atoms. The Hall–Kier alpha value is -1.30. The molecule has 0 saturated heterocycles. The van der Waals surface area contributed by atoms with Gasteiger partial charge in [0.2, 0.25) is 0 Å². The van der Waals surface area contributed by atoms with Gasteiger partial charge in [0.25, 0.3) is 0 Å². The standard InChI is InChI=1S/C10H10BrFO4/c1-4(10(14)15)7-5(11)3-6(12)8(13)9(7)16-2/h3-4,13H,1-2H3,(H,14,15). The second-order valence-corrected chi connectivity index (χ2v) is 4.05. The fourth-order valence-corrected chi connectivity index (χ4v) is 2.06. The van der Waals surface area contributed by atoms with Gasteiger partial charge in [-0.25, -0.2) is 4.39 Å². The smallest absolute Gasteiger partial charge is 0.310 e. The summed E-state index contributed by atoms with van der Waals surface area (Å²) in [5.74, 6) is -3.73. The van der Waals surface area contributed by atoms with E-state index in [9.17, 15) is 14.3 Å². The Morgan fingerprint density at radius 1 is 1.62 bits per heavy atom. The molecule has 0 radical (unpaired) electrons. The lowest BCUT2D eigenvalue weighted by atomic mass is 9.99.